The fourth-order valence-corrected chi connectivity index (χ4v) is 4.15. The van der Waals surface area contributed by atoms with Crippen molar-refractivity contribution in [2.45, 2.75) is 44.8 Å². The van der Waals surface area contributed by atoms with E-state index in [2.05, 4.69) is 16.0 Å². The molecule has 200 valence electrons. The monoisotopic (exact) mass is 549 g/mol. The molecule has 5 N–H and O–H groups in total. The number of benzene rings is 2. The number of amides is 3. The average Bonchev–Trinajstić information content (AvgIpc) is 2.86. The van der Waals surface area contributed by atoms with E-state index in [-0.39, 0.29) is 35.1 Å². The molecule has 0 unspecified atom stereocenters. The Labute approximate surface area is 225 Å². The zero-order valence-corrected chi connectivity index (χ0v) is 22.4. The third kappa shape index (κ3) is 9.29. The normalized spacial score (nSPS) is 13.3. The van der Waals surface area contributed by atoms with Crippen LogP contribution in [0.2, 0.25) is 5.02 Å². The highest BCUT2D eigenvalue weighted by Crippen LogP contribution is 2.23. The molecule has 2 aromatic rings. The number of aromatic hydroxyl groups is 1. The van der Waals surface area contributed by atoms with Crippen LogP contribution in [-0.4, -0.2) is 64.0 Å². The molecule has 0 aromatic heterocycles. The van der Waals surface area contributed by atoms with Gasteiger partial charge in [0.2, 0.25) is 11.8 Å². The van der Waals surface area contributed by atoms with E-state index < -0.39 is 41.8 Å². The molecule has 9 nitrogen and oxygen atoms in total. The Hall–Kier alpha value is -3.24. The first-order chi connectivity index (χ1) is 17.5. The largest absolute Gasteiger partial charge is 0.506 e. The van der Waals surface area contributed by atoms with Crippen LogP contribution in [0.3, 0.4) is 0 Å². The summed E-state index contributed by atoms with van der Waals surface area (Å²) in [7, 11) is 0. The molecule has 0 saturated heterocycles. The number of hydrogen-bond acceptors (Lipinski definition) is 6. The van der Waals surface area contributed by atoms with Gasteiger partial charge in [-0.25, -0.2) is 4.79 Å². The molecule has 2 aromatic carbocycles. The van der Waals surface area contributed by atoms with E-state index in [0.29, 0.717) is 5.75 Å². The highest BCUT2D eigenvalue weighted by molar-refractivity contribution is 7.98. The van der Waals surface area contributed by atoms with Gasteiger partial charge in [0.1, 0.15) is 23.9 Å². The number of halogens is 1. The van der Waals surface area contributed by atoms with Crippen molar-refractivity contribution >= 4 is 47.1 Å². The molecule has 37 heavy (non-hydrogen) atoms. The van der Waals surface area contributed by atoms with Crippen LogP contribution < -0.4 is 16.0 Å². The smallest absolute Gasteiger partial charge is 0.326 e. The van der Waals surface area contributed by atoms with E-state index in [4.69, 9.17) is 11.6 Å². The molecule has 0 saturated carbocycles. The average molecular weight is 550 g/mol. The van der Waals surface area contributed by atoms with Gasteiger partial charge in [0, 0.05) is 12.0 Å². The van der Waals surface area contributed by atoms with E-state index in [9.17, 15) is 29.4 Å². The topological polar surface area (TPSA) is 145 Å². The fourth-order valence-electron chi connectivity index (χ4n) is 3.49. The van der Waals surface area contributed by atoms with E-state index >= 15 is 0 Å². The van der Waals surface area contributed by atoms with Crippen LogP contribution in [0.15, 0.2) is 48.5 Å². The molecule has 3 amide bonds. The maximum absolute atomic E-state index is 13.3. The van der Waals surface area contributed by atoms with Gasteiger partial charge in [-0.1, -0.05) is 55.8 Å². The molecule has 0 heterocycles. The summed E-state index contributed by atoms with van der Waals surface area (Å²) in [5, 5.41) is 27.0. The Morgan fingerprint density at radius 2 is 1.59 bits per heavy atom. The van der Waals surface area contributed by atoms with Crippen molar-refractivity contribution in [2.75, 3.05) is 12.0 Å². The molecule has 0 aliphatic heterocycles. The summed E-state index contributed by atoms with van der Waals surface area (Å²) in [5.74, 6) is -2.95. The van der Waals surface area contributed by atoms with Crippen LogP contribution >= 0.6 is 23.4 Å². The van der Waals surface area contributed by atoms with Gasteiger partial charge in [0.15, 0.2) is 0 Å². The van der Waals surface area contributed by atoms with Crippen molar-refractivity contribution in [1.29, 1.82) is 0 Å². The van der Waals surface area contributed by atoms with E-state index in [0.717, 1.165) is 5.56 Å². The summed E-state index contributed by atoms with van der Waals surface area (Å²) >= 11 is 7.36. The molecule has 0 aliphatic carbocycles. The zero-order chi connectivity index (χ0) is 27.5. The van der Waals surface area contributed by atoms with Gasteiger partial charge in [-0.3, -0.25) is 14.4 Å². The molecule has 2 rings (SSSR count). The summed E-state index contributed by atoms with van der Waals surface area (Å²) in [6.45, 7) is 3.48. The third-order valence-electron chi connectivity index (χ3n) is 5.59. The summed E-state index contributed by atoms with van der Waals surface area (Å²) in [6, 6.07) is 9.76. The minimum atomic E-state index is -1.16. The zero-order valence-electron chi connectivity index (χ0n) is 20.9. The van der Waals surface area contributed by atoms with Crippen molar-refractivity contribution < 1.29 is 29.4 Å². The molecular formula is C26H32ClN3O6S. The number of nitrogens with one attached hydrogen (secondary N) is 3. The molecule has 0 aliphatic rings. The number of aliphatic carboxylic acids is 1. The number of phenols is 1. The molecule has 3 atom stereocenters. The number of carbonyl (C=O) groups is 4. The van der Waals surface area contributed by atoms with Gasteiger partial charge in [-0.2, -0.15) is 11.8 Å². The Morgan fingerprint density at radius 3 is 2.16 bits per heavy atom. The van der Waals surface area contributed by atoms with E-state index in [1.165, 1.54) is 30.0 Å². The Morgan fingerprint density at radius 1 is 0.946 bits per heavy atom. The maximum atomic E-state index is 13.3. The quantitative estimate of drug-likeness (QED) is 0.258. The molecule has 0 radical (unpaired) electrons. The molecular weight excluding hydrogens is 518 g/mol. The van der Waals surface area contributed by atoms with Crippen molar-refractivity contribution in [2.24, 2.45) is 5.92 Å². The van der Waals surface area contributed by atoms with Crippen molar-refractivity contribution in [3.63, 3.8) is 0 Å². The number of carboxylic acid groups (broad SMARTS) is 1. The summed E-state index contributed by atoms with van der Waals surface area (Å²) in [5.41, 5.74) is 0.917. The molecule has 0 spiro atoms. The van der Waals surface area contributed by atoms with Crippen LogP contribution in [0.1, 0.15) is 36.2 Å². The fraction of sp³-hybridized carbons (Fsp3) is 0.385. The van der Waals surface area contributed by atoms with Gasteiger partial charge in [-0.15, -0.1) is 0 Å². The van der Waals surface area contributed by atoms with Crippen LogP contribution in [0.25, 0.3) is 0 Å². The first-order valence-electron chi connectivity index (χ1n) is 11.7. The van der Waals surface area contributed by atoms with Crippen LogP contribution in [-0.2, 0) is 20.8 Å². The van der Waals surface area contributed by atoms with Gasteiger partial charge >= 0.3 is 5.97 Å². The lowest BCUT2D eigenvalue weighted by molar-refractivity contribution is -0.142. The van der Waals surface area contributed by atoms with Crippen LogP contribution in [0.4, 0.5) is 0 Å². The van der Waals surface area contributed by atoms with E-state index in [1.54, 1.807) is 38.1 Å². The van der Waals surface area contributed by atoms with Crippen molar-refractivity contribution in [1.82, 2.24) is 16.0 Å². The number of hydrogen-bond donors (Lipinski definition) is 5. The lowest BCUT2D eigenvalue weighted by Crippen LogP contribution is -2.57. The summed E-state index contributed by atoms with van der Waals surface area (Å²) in [6.07, 6.45) is 2.19. The van der Waals surface area contributed by atoms with E-state index in [1.807, 2.05) is 12.3 Å². The minimum Gasteiger partial charge on any atom is -0.506 e. The Kier molecular flexibility index (Phi) is 11.7. The second kappa shape index (κ2) is 14.5. The predicted octanol–water partition coefficient (Wildman–Crippen LogP) is 2.85. The number of phenolic OH excluding ortho intramolecular Hbond substituents is 1. The lowest BCUT2D eigenvalue weighted by atomic mass is 10.00. The van der Waals surface area contributed by atoms with Gasteiger partial charge in [-0.05, 0) is 48.1 Å². The third-order valence-corrected chi connectivity index (χ3v) is 6.53. The molecule has 11 heteroatoms. The first-order valence-corrected chi connectivity index (χ1v) is 13.5. The SMILES string of the molecule is CSCC[C@H](NC(=O)[C@H](Cc1ccccc1)NC(=O)[C@@H](NC(=O)c1ccc(O)c(Cl)c1)C(C)C)C(=O)O. The van der Waals surface area contributed by atoms with Crippen molar-refractivity contribution in [3.05, 3.63) is 64.7 Å². The van der Waals surface area contributed by atoms with Crippen molar-refractivity contribution in [3.8, 4) is 5.75 Å². The Bertz CT molecular complexity index is 1100. The van der Waals surface area contributed by atoms with Gasteiger partial charge in [0.25, 0.3) is 5.91 Å². The highest BCUT2D eigenvalue weighted by Gasteiger charge is 2.31. The second-order valence-corrected chi connectivity index (χ2v) is 10.2. The second-order valence-electron chi connectivity index (χ2n) is 8.79. The summed E-state index contributed by atoms with van der Waals surface area (Å²) in [4.78, 5) is 50.9. The van der Waals surface area contributed by atoms with Crippen LogP contribution in [0, 0.1) is 5.92 Å². The number of rotatable bonds is 13. The lowest BCUT2D eigenvalue weighted by Gasteiger charge is -2.26. The number of thioether (sulfide) groups is 1. The standard InChI is InChI=1S/C26H32ClN3O6S/c1-15(2)22(30-23(32)17-9-10-21(31)18(27)14-17)25(34)29-20(13-16-7-5-4-6-8-16)24(33)28-19(26(35)36)11-12-37-3/h4-10,14-15,19-20,22,31H,11-13H2,1-3H3,(H,28,33)(H,29,34)(H,30,32)(H,35,36)/t19-,20-,22-/m0/s1. The number of carboxylic acids is 1. The number of carbonyl (C=O) groups excluding carboxylic acids is 3. The highest BCUT2D eigenvalue weighted by atomic mass is 35.5. The molecule has 0 bridgehead atoms. The predicted molar refractivity (Wildman–Crippen MR) is 144 cm³/mol. The first kappa shape index (κ1) is 30.0. The maximum Gasteiger partial charge on any atom is 0.326 e. The van der Waals surface area contributed by atoms with Gasteiger partial charge < -0.3 is 26.2 Å². The van der Waals surface area contributed by atoms with Crippen LogP contribution in [0.5, 0.6) is 5.75 Å². The molecule has 0 fully saturated rings. The minimum absolute atomic E-state index is 0.00717. The Balaban J connectivity index is 2.23. The summed E-state index contributed by atoms with van der Waals surface area (Å²) < 4.78 is 0. The van der Waals surface area contributed by atoms with Gasteiger partial charge in [0.05, 0.1) is 5.02 Å².